The lowest BCUT2D eigenvalue weighted by atomic mass is 10.1. The zero-order chi connectivity index (χ0) is 22.1. The summed E-state index contributed by atoms with van der Waals surface area (Å²) in [5, 5.41) is 9.03. The van der Waals surface area contributed by atoms with Gasteiger partial charge in [-0.25, -0.2) is 0 Å². The number of thioether (sulfide) groups is 1. The van der Waals surface area contributed by atoms with Gasteiger partial charge in [0.05, 0.1) is 16.8 Å². The molecular weight excluding hydrogens is 425 g/mol. The Hall–Kier alpha value is -2.13. The van der Waals surface area contributed by atoms with Gasteiger partial charge in [0.2, 0.25) is 0 Å². The van der Waals surface area contributed by atoms with Gasteiger partial charge >= 0.3 is 6.18 Å². The minimum absolute atomic E-state index is 0.381. The van der Waals surface area contributed by atoms with Crippen LogP contribution in [0.3, 0.4) is 0 Å². The van der Waals surface area contributed by atoms with Gasteiger partial charge < -0.3 is 4.74 Å². The van der Waals surface area contributed by atoms with Crippen molar-refractivity contribution in [1.82, 2.24) is 20.0 Å². The number of rotatable bonds is 12. The first kappa shape index (κ1) is 23.5. The minimum atomic E-state index is -4.35. The van der Waals surface area contributed by atoms with Crippen molar-refractivity contribution in [1.29, 1.82) is 0 Å². The molecule has 0 atom stereocenters. The number of hydrogen-bond acceptors (Lipinski definition) is 5. The van der Waals surface area contributed by atoms with Gasteiger partial charge in [0.15, 0.2) is 0 Å². The molecule has 0 unspecified atom stereocenters. The van der Waals surface area contributed by atoms with Gasteiger partial charge in [-0.15, -0.1) is 16.9 Å². The molecule has 167 valence electrons. The largest absolute Gasteiger partial charge is 0.416 e. The van der Waals surface area contributed by atoms with Crippen LogP contribution in [0.5, 0.6) is 0 Å². The molecule has 0 aliphatic carbocycles. The first-order valence-electron chi connectivity index (χ1n) is 10.3. The topological polar surface area (TPSA) is 52.8 Å². The highest BCUT2D eigenvalue weighted by Crippen LogP contribution is 2.33. The lowest BCUT2D eigenvalue weighted by Gasteiger charge is -2.10. The van der Waals surface area contributed by atoms with E-state index in [9.17, 15) is 13.2 Å². The van der Waals surface area contributed by atoms with Crippen molar-refractivity contribution in [3.05, 3.63) is 54.3 Å². The third kappa shape index (κ3) is 7.21. The number of unbranched alkanes of at least 4 members (excludes halogenated alkanes) is 3. The van der Waals surface area contributed by atoms with Crippen molar-refractivity contribution >= 4 is 22.7 Å². The second-order valence-electron chi connectivity index (χ2n) is 7.19. The smallest absolute Gasteiger partial charge is 0.385 e. The highest BCUT2D eigenvalue weighted by atomic mass is 32.2. The Balaban J connectivity index is 1.37. The predicted molar refractivity (Wildman–Crippen MR) is 116 cm³/mol. The molecule has 1 radical (unpaired) electrons. The molecule has 0 spiro atoms. The van der Waals surface area contributed by atoms with Crippen LogP contribution in [0.25, 0.3) is 10.9 Å². The average molecular weight is 452 g/mol. The normalized spacial score (nSPS) is 12.0. The summed E-state index contributed by atoms with van der Waals surface area (Å²) in [5.74, 6) is 0.919. The summed E-state index contributed by atoms with van der Waals surface area (Å²) in [6.45, 7) is 1.52. The number of hydrogen-bond donors (Lipinski definition) is 0. The third-order valence-corrected chi connectivity index (χ3v) is 5.96. The van der Waals surface area contributed by atoms with Crippen LogP contribution < -0.4 is 0 Å². The fraction of sp³-hybridized carbons (Fsp3) is 0.455. The maximum absolute atomic E-state index is 12.9. The maximum Gasteiger partial charge on any atom is 0.416 e. The Kier molecular flexibility index (Phi) is 8.71. The van der Waals surface area contributed by atoms with E-state index in [-0.39, 0.29) is 0 Å². The second kappa shape index (κ2) is 11.5. The zero-order valence-electron chi connectivity index (χ0n) is 17.4. The molecule has 0 fully saturated rings. The van der Waals surface area contributed by atoms with E-state index in [4.69, 9.17) is 4.74 Å². The molecule has 0 amide bonds. The standard InChI is InChI=1S/C22H26F3N4OS/c1-30-13-6-7-18-16-29(28-27-18)12-4-2-3-5-14-31-21-10-11-26-20-15-17(22(23,24)25)8-9-19(20)21/h7-11,15-16H,2-6,12-14H2,1H3. The van der Waals surface area contributed by atoms with Crippen molar-refractivity contribution in [2.75, 3.05) is 19.5 Å². The number of benzene rings is 1. The van der Waals surface area contributed by atoms with Crippen LogP contribution in [0.4, 0.5) is 13.2 Å². The summed E-state index contributed by atoms with van der Waals surface area (Å²) in [4.78, 5) is 5.07. The number of aromatic nitrogens is 4. The molecule has 0 N–H and O–H groups in total. The van der Waals surface area contributed by atoms with Crippen molar-refractivity contribution < 1.29 is 17.9 Å². The molecule has 0 aliphatic rings. The van der Waals surface area contributed by atoms with Crippen LogP contribution in [0.2, 0.25) is 0 Å². The lowest BCUT2D eigenvalue weighted by Crippen LogP contribution is -2.04. The number of alkyl halides is 3. The van der Waals surface area contributed by atoms with E-state index in [0.29, 0.717) is 12.1 Å². The van der Waals surface area contributed by atoms with E-state index in [1.54, 1.807) is 25.1 Å². The molecule has 5 nitrogen and oxygen atoms in total. The van der Waals surface area contributed by atoms with Gasteiger partial charge in [-0.05, 0) is 43.2 Å². The van der Waals surface area contributed by atoms with E-state index in [2.05, 4.69) is 15.3 Å². The average Bonchev–Trinajstić information content (AvgIpc) is 3.20. The number of ether oxygens (including phenoxy) is 1. The van der Waals surface area contributed by atoms with Crippen molar-refractivity contribution in [3.63, 3.8) is 0 Å². The number of halogens is 3. The second-order valence-corrected chi connectivity index (χ2v) is 8.33. The first-order valence-corrected chi connectivity index (χ1v) is 11.3. The van der Waals surface area contributed by atoms with Gasteiger partial charge in [0, 0.05) is 49.4 Å². The first-order chi connectivity index (χ1) is 15.0. The molecule has 2 heterocycles. The number of aryl methyl sites for hydroxylation is 1. The Morgan fingerprint density at radius 1 is 1.13 bits per heavy atom. The van der Waals surface area contributed by atoms with E-state index in [1.165, 1.54) is 6.07 Å². The molecule has 1 aromatic carbocycles. The minimum Gasteiger partial charge on any atom is -0.385 e. The van der Waals surface area contributed by atoms with Gasteiger partial charge in [0.1, 0.15) is 0 Å². The van der Waals surface area contributed by atoms with Gasteiger partial charge in [-0.2, -0.15) is 13.2 Å². The van der Waals surface area contributed by atoms with E-state index >= 15 is 0 Å². The Labute approximate surface area is 184 Å². The molecule has 0 saturated carbocycles. The van der Waals surface area contributed by atoms with Crippen molar-refractivity contribution in [2.45, 2.75) is 49.7 Å². The number of pyridine rings is 1. The van der Waals surface area contributed by atoms with E-state index in [1.807, 2.05) is 23.4 Å². The Morgan fingerprint density at radius 2 is 1.97 bits per heavy atom. The van der Waals surface area contributed by atoms with Crippen LogP contribution in [0, 0.1) is 6.42 Å². The fourth-order valence-corrected chi connectivity index (χ4v) is 4.23. The molecule has 2 aromatic heterocycles. The summed E-state index contributed by atoms with van der Waals surface area (Å²) in [6, 6.07) is 5.63. The molecule has 9 heteroatoms. The molecule has 31 heavy (non-hydrogen) atoms. The van der Waals surface area contributed by atoms with Crippen molar-refractivity contribution in [2.24, 2.45) is 0 Å². The highest BCUT2D eigenvalue weighted by molar-refractivity contribution is 7.99. The Morgan fingerprint density at radius 3 is 2.77 bits per heavy atom. The van der Waals surface area contributed by atoms with E-state index < -0.39 is 11.7 Å². The summed E-state index contributed by atoms with van der Waals surface area (Å²) in [5.41, 5.74) is 0.592. The monoisotopic (exact) mass is 451 g/mol. The van der Waals surface area contributed by atoms with Crippen LogP contribution in [-0.4, -0.2) is 39.4 Å². The molecule has 0 saturated heterocycles. The Bertz CT molecular complexity index is 961. The van der Waals surface area contributed by atoms with Gasteiger partial charge in [-0.1, -0.05) is 24.1 Å². The van der Waals surface area contributed by atoms with Gasteiger partial charge in [0.25, 0.3) is 0 Å². The molecule has 0 aliphatic heterocycles. The van der Waals surface area contributed by atoms with Crippen LogP contribution in [-0.2, 0) is 17.5 Å². The number of methoxy groups -OCH3 is 1. The fourth-order valence-electron chi connectivity index (χ4n) is 3.18. The van der Waals surface area contributed by atoms with Gasteiger partial charge in [-0.3, -0.25) is 9.67 Å². The lowest BCUT2D eigenvalue weighted by molar-refractivity contribution is -0.137. The number of fused-ring (bicyclic) bond motifs is 1. The SMILES string of the molecule is COCC[CH]c1cn(CCCCCCSc2ccnc3cc(C(F)(F)F)ccc23)nn1. The summed E-state index contributed by atoms with van der Waals surface area (Å²) in [6.07, 6.45) is 6.26. The quantitative estimate of drug-likeness (QED) is 0.258. The van der Waals surface area contributed by atoms with E-state index in [0.717, 1.165) is 72.5 Å². The molecule has 3 aromatic rings. The zero-order valence-corrected chi connectivity index (χ0v) is 18.3. The molecule has 0 bridgehead atoms. The van der Waals surface area contributed by atoms with Crippen molar-refractivity contribution in [3.8, 4) is 0 Å². The summed E-state index contributed by atoms with van der Waals surface area (Å²) < 4.78 is 45.6. The summed E-state index contributed by atoms with van der Waals surface area (Å²) in [7, 11) is 1.68. The third-order valence-electron chi connectivity index (χ3n) is 4.80. The highest BCUT2D eigenvalue weighted by Gasteiger charge is 2.30. The van der Waals surface area contributed by atoms with Crippen LogP contribution >= 0.6 is 11.8 Å². The van der Waals surface area contributed by atoms with Crippen LogP contribution in [0.1, 0.15) is 43.4 Å². The predicted octanol–water partition coefficient (Wildman–Crippen LogP) is 5.79. The number of nitrogens with zero attached hydrogens (tertiary/aromatic N) is 4. The molecule has 3 rings (SSSR count). The maximum atomic E-state index is 12.9. The molecular formula is C22H26F3N4OS. The summed E-state index contributed by atoms with van der Waals surface area (Å²) >= 11 is 1.67. The van der Waals surface area contributed by atoms with Crippen LogP contribution in [0.15, 0.2) is 41.6 Å².